The molecule has 19 heavy (non-hydrogen) atoms. The molecule has 0 aliphatic carbocycles. The van der Waals surface area contributed by atoms with Gasteiger partial charge in [0.1, 0.15) is 11.9 Å². The van der Waals surface area contributed by atoms with Crippen molar-refractivity contribution in [3.63, 3.8) is 0 Å². The van der Waals surface area contributed by atoms with E-state index in [1.54, 1.807) is 42.1 Å². The number of nitrogens with zero attached hydrogens (tertiary/aromatic N) is 2. The van der Waals surface area contributed by atoms with Crippen LogP contribution in [0.25, 0.3) is 11.4 Å². The molecule has 1 heterocycles. The molecule has 0 aliphatic heterocycles. The summed E-state index contributed by atoms with van der Waals surface area (Å²) in [6.45, 7) is 1.74. The molecule has 6 heteroatoms. The predicted octanol–water partition coefficient (Wildman–Crippen LogP) is 3.59. The monoisotopic (exact) mass is 298 g/mol. The molecule has 2 rings (SSSR count). The van der Waals surface area contributed by atoms with Crippen molar-refractivity contribution in [1.82, 2.24) is 9.55 Å². The topological polar surface area (TPSA) is 44.1 Å². The van der Waals surface area contributed by atoms with E-state index in [0.717, 1.165) is 0 Å². The molecule has 0 aliphatic rings. The minimum absolute atomic E-state index is 0.343. The third-order valence-corrected chi connectivity index (χ3v) is 3.35. The lowest BCUT2D eigenvalue weighted by Gasteiger charge is -2.14. The molecule has 1 unspecified atom stereocenters. The first-order valence-corrected chi connectivity index (χ1v) is 6.36. The lowest BCUT2D eigenvalue weighted by atomic mass is 10.2. The van der Waals surface area contributed by atoms with Crippen LogP contribution in [0.4, 0.5) is 0 Å². The lowest BCUT2D eigenvalue weighted by molar-refractivity contribution is -0.143. The summed E-state index contributed by atoms with van der Waals surface area (Å²) in [6, 6.07) is 4.66. The van der Waals surface area contributed by atoms with Crippen LogP contribution >= 0.6 is 23.2 Å². The molecular weight excluding hydrogens is 287 g/mol. The fourth-order valence-electron chi connectivity index (χ4n) is 1.79. The molecule has 0 amide bonds. The summed E-state index contributed by atoms with van der Waals surface area (Å²) in [4.78, 5) is 15.9. The SMILES string of the molecule is COC(=O)C(C)n1ccnc1-c1ccc(Cl)cc1Cl. The summed E-state index contributed by atoms with van der Waals surface area (Å²) in [5.74, 6) is 0.254. The fraction of sp³-hybridized carbons (Fsp3) is 0.231. The molecule has 0 N–H and O–H groups in total. The maximum atomic E-state index is 11.6. The van der Waals surface area contributed by atoms with Crippen LogP contribution in [0.2, 0.25) is 10.0 Å². The Bertz CT molecular complexity index is 610. The Morgan fingerprint density at radius 2 is 2.16 bits per heavy atom. The minimum atomic E-state index is -0.478. The first-order valence-electron chi connectivity index (χ1n) is 5.60. The molecule has 2 aromatic rings. The molecule has 1 aromatic heterocycles. The zero-order chi connectivity index (χ0) is 14.0. The first-order chi connectivity index (χ1) is 9.04. The van der Waals surface area contributed by atoms with E-state index in [-0.39, 0.29) is 5.97 Å². The van der Waals surface area contributed by atoms with Gasteiger partial charge >= 0.3 is 5.97 Å². The molecule has 1 aromatic carbocycles. The van der Waals surface area contributed by atoms with E-state index >= 15 is 0 Å². The van der Waals surface area contributed by atoms with E-state index in [4.69, 9.17) is 27.9 Å². The standard InChI is InChI=1S/C13H12Cl2N2O2/c1-8(13(18)19-2)17-6-5-16-12(17)10-4-3-9(14)7-11(10)15/h3-8H,1-2H3. The van der Waals surface area contributed by atoms with Crippen molar-refractivity contribution < 1.29 is 9.53 Å². The molecule has 0 saturated heterocycles. The van der Waals surface area contributed by atoms with E-state index in [1.165, 1.54) is 7.11 Å². The molecule has 0 saturated carbocycles. The summed E-state index contributed by atoms with van der Waals surface area (Å²) < 4.78 is 6.44. The summed E-state index contributed by atoms with van der Waals surface area (Å²) in [5.41, 5.74) is 0.715. The molecular formula is C13H12Cl2N2O2. The van der Waals surface area contributed by atoms with Gasteiger partial charge in [0.15, 0.2) is 0 Å². The Labute approximate surface area is 120 Å². The Morgan fingerprint density at radius 3 is 2.79 bits per heavy atom. The average molecular weight is 299 g/mol. The van der Waals surface area contributed by atoms with Crippen LogP contribution in [0.1, 0.15) is 13.0 Å². The number of esters is 1. The normalized spacial score (nSPS) is 12.2. The maximum absolute atomic E-state index is 11.6. The van der Waals surface area contributed by atoms with Crippen molar-refractivity contribution in [1.29, 1.82) is 0 Å². The van der Waals surface area contributed by atoms with Gasteiger partial charge in [0, 0.05) is 23.0 Å². The summed E-state index contributed by atoms with van der Waals surface area (Å²) in [7, 11) is 1.35. The zero-order valence-electron chi connectivity index (χ0n) is 10.4. The van der Waals surface area contributed by atoms with Gasteiger partial charge in [-0.05, 0) is 25.1 Å². The van der Waals surface area contributed by atoms with Crippen molar-refractivity contribution in [2.24, 2.45) is 0 Å². The first kappa shape index (κ1) is 13.9. The highest BCUT2D eigenvalue weighted by molar-refractivity contribution is 6.36. The van der Waals surface area contributed by atoms with Crippen LogP contribution in [-0.4, -0.2) is 22.6 Å². The van der Waals surface area contributed by atoms with E-state index in [1.807, 2.05) is 0 Å². The number of hydrogen-bond acceptors (Lipinski definition) is 3. The van der Waals surface area contributed by atoms with Crippen molar-refractivity contribution in [2.45, 2.75) is 13.0 Å². The van der Waals surface area contributed by atoms with E-state index in [2.05, 4.69) is 4.98 Å². The van der Waals surface area contributed by atoms with Gasteiger partial charge in [-0.2, -0.15) is 0 Å². The van der Waals surface area contributed by atoms with Crippen molar-refractivity contribution in [3.05, 3.63) is 40.6 Å². The van der Waals surface area contributed by atoms with Gasteiger partial charge in [-0.15, -0.1) is 0 Å². The van der Waals surface area contributed by atoms with Crippen LogP contribution in [0, 0.1) is 0 Å². The summed E-state index contributed by atoms with van der Waals surface area (Å²) >= 11 is 12.0. The largest absolute Gasteiger partial charge is 0.467 e. The second kappa shape index (κ2) is 5.63. The number of benzene rings is 1. The molecule has 4 nitrogen and oxygen atoms in total. The van der Waals surface area contributed by atoms with Crippen molar-refractivity contribution >= 4 is 29.2 Å². The number of rotatable bonds is 3. The quantitative estimate of drug-likeness (QED) is 0.813. The van der Waals surface area contributed by atoms with Crippen LogP contribution < -0.4 is 0 Å². The van der Waals surface area contributed by atoms with Crippen LogP contribution in [0.15, 0.2) is 30.6 Å². The number of halogens is 2. The van der Waals surface area contributed by atoms with Crippen LogP contribution in [0.3, 0.4) is 0 Å². The third kappa shape index (κ3) is 2.74. The van der Waals surface area contributed by atoms with Gasteiger partial charge in [-0.25, -0.2) is 9.78 Å². The molecule has 0 spiro atoms. The Hall–Kier alpha value is -1.52. The summed E-state index contributed by atoms with van der Waals surface area (Å²) in [5, 5.41) is 1.03. The maximum Gasteiger partial charge on any atom is 0.328 e. The molecule has 100 valence electrons. The van der Waals surface area contributed by atoms with Crippen LogP contribution in [0.5, 0.6) is 0 Å². The van der Waals surface area contributed by atoms with Crippen LogP contribution in [-0.2, 0) is 9.53 Å². The second-order valence-corrected chi connectivity index (χ2v) is 4.83. The molecule has 1 atom stereocenters. The van der Waals surface area contributed by atoms with Gasteiger partial charge in [0.25, 0.3) is 0 Å². The van der Waals surface area contributed by atoms with E-state index in [0.29, 0.717) is 21.4 Å². The van der Waals surface area contributed by atoms with E-state index in [9.17, 15) is 4.79 Å². The molecule has 0 fully saturated rings. The molecule has 0 bridgehead atoms. The lowest BCUT2D eigenvalue weighted by Crippen LogP contribution is -2.18. The number of hydrogen-bond donors (Lipinski definition) is 0. The Morgan fingerprint density at radius 1 is 1.42 bits per heavy atom. The Kier molecular flexibility index (Phi) is 4.12. The van der Waals surface area contributed by atoms with E-state index < -0.39 is 6.04 Å². The zero-order valence-corrected chi connectivity index (χ0v) is 11.9. The predicted molar refractivity (Wildman–Crippen MR) is 74.4 cm³/mol. The average Bonchev–Trinajstić information content (AvgIpc) is 2.86. The van der Waals surface area contributed by atoms with Gasteiger partial charge in [-0.1, -0.05) is 23.2 Å². The third-order valence-electron chi connectivity index (χ3n) is 2.80. The number of imidazole rings is 1. The summed E-state index contributed by atoms with van der Waals surface area (Å²) in [6.07, 6.45) is 3.32. The van der Waals surface area contributed by atoms with Gasteiger partial charge < -0.3 is 9.30 Å². The number of ether oxygens (including phenoxy) is 1. The highest BCUT2D eigenvalue weighted by Crippen LogP contribution is 2.30. The fourth-order valence-corrected chi connectivity index (χ4v) is 2.28. The number of carbonyl (C=O) groups excluding carboxylic acids is 1. The van der Waals surface area contributed by atoms with Gasteiger partial charge in [0.05, 0.1) is 12.1 Å². The van der Waals surface area contributed by atoms with Gasteiger partial charge in [0.2, 0.25) is 0 Å². The van der Waals surface area contributed by atoms with Crippen molar-refractivity contribution in [2.75, 3.05) is 7.11 Å². The smallest absolute Gasteiger partial charge is 0.328 e. The molecule has 0 radical (unpaired) electrons. The van der Waals surface area contributed by atoms with Crippen molar-refractivity contribution in [3.8, 4) is 11.4 Å². The minimum Gasteiger partial charge on any atom is -0.467 e. The number of aromatic nitrogens is 2. The second-order valence-electron chi connectivity index (χ2n) is 3.98. The Balaban J connectivity index is 2.47. The van der Waals surface area contributed by atoms with Gasteiger partial charge in [-0.3, -0.25) is 0 Å². The highest BCUT2D eigenvalue weighted by Gasteiger charge is 2.20. The number of carbonyl (C=O) groups is 1. The number of methoxy groups -OCH3 is 1. The highest BCUT2D eigenvalue weighted by atomic mass is 35.5.